The second-order valence-electron chi connectivity index (χ2n) is 4.49. The lowest BCUT2D eigenvalue weighted by molar-refractivity contribution is -0.369. The molecule has 0 bridgehead atoms. The van der Waals surface area contributed by atoms with E-state index in [1.807, 2.05) is 0 Å². The van der Waals surface area contributed by atoms with Crippen molar-refractivity contribution in [1.82, 2.24) is 4.90 Å². The molecule has 112 valence electrons. The predicted octanol–water partition coefficient (Wildman–Crippen LogP) is 3.60. The van der Waals surface area contributed by atoms with Crippen molar-refractivity contribution >= 4 is 0 Å². The summed E-state index contributed by atoms with van der Waals surface area (Å²) in [6, 6.07) is 0. The van der Waals surface area contributed by atoms with Crippen molar-refractivity contribution in [3.63, 3.8) is 0 Å². The molecular weight excluding hydrogens is 276 g/mol. The molecule has 0 saturated heterocycles. The van der Waals surface area contributed by atoms with Gasteiger partial charge in [-0.15, -0.1) is 4.90 Å². The van der Waals surface area contributed by atoms with Gasteiger partial charge in [-0.05, 0) is 20.8 Å². The molecule has 0 atom stereocenters. The lowest BCUT2D eigenvalue weighted by Gasteiger charge is -2.25. The molecular formula is C11H15F6NO. The minimum Gasteiger partial charge on any atom is -0.386 e. The van der Waals surface area contributed by atoms with Gasteiger partial charge in [0.2, 0.25) is 0 Å². The number of nitrogens with zero attached hydrogens (tertiary/aromatic N) is 1. The maximum atomic E-state index is 12.1. The smallest absolute Gasteiger partial charge is 0.386 e. The summed E-state index contributed by atoms with van der Waals surface area (Å²) in [6.45, 7) is 2.98. The van der Waals surface area contributed by atoms with Crippen molar-refractivity contribution in [3.05, 3.63) is 23.8 Å². The monoisotopic (exact) mass is 291 g/mol. The van der Waals surface area contributed by atoms with E-state index in [1.54, 1.807) is 0 Å². The third kappa shape index (κ3) is 7.89. The number of hydrogen-bond acceptors (Lipinski definition) is 2. The quantitative estimate of drug-likeness (QED) is 0.486. The van der Waals surface area contributed by atoms with Gasteiger partial charge in [0.05, 0.1) is 5.60 Å². The van der Waals surface area contributed by atoms with Crippen LogP contribution in [0.4, 0.5) is 26.3 Å². The highest BCUT2D eigenvalue weighted by atomic mass is 19.4. The molecule has 1 N–H and O–H groups in total. The Balaban J connectivity index is 4.81. The fourth-order valence-electron chi connectivity index (χ4n) is 1.30. The molecule has 0 amide bonds. The lowest BCUT2D eigenvalue weighted by Crippen LogP contribution is -2.47. The first-order valence-corrected chi connectivity index (χ1v) is 5.23. The summed E-state index contributed by atoms with van der Waals surface area (Å²) in [6.07, 6.45) is -7.84. The summed E-state index contributed by atoms with van der Waals surface area (Å²) in [7, 11) is 0. The van der Waals surface area contributed by atoms with Crippen molar-refractivity contribution in [1.29, 1.82) is 0 Å². The first kappa shape index (κ1) is 18.0. The summed E-state index contributed by atoms with van der Waals surface area (Å²) in [5, 5.41) is 9.37. The first-order chi connectivity index (χ1) is 8.23. The molecule has 19 heavy (non-hydrogen) atoms. The van der Waals surface area contributed by atoms with Gasteiger partial charge in [0.1, 0.15) is 0 Å². The highest BCUT2D eigenvalue weighted by Gasteiger charge is 2.52. The zero-order valence-corrected chi connectivity index (χ0v) is 10.6. The largest absolute Gasteiger partial charge is 0.467 e. The van der Waals surface area contributed by atoms with Gasteiger partial charge in [-0.1, -0.05) is 23.8 Å². The molecule has 0 saturated carbocycles. The van der Waals surface area contributed by atoms with Crippen LogP contribution in [-0.4, -0.2) is 34.8 Å². The number of alkyl halides is 6. The molecule has 0 aromatic heterocycles. The zero-order chi connectivity index (χ0) is 15.5. The average molecular weight is 291 g/mol. The van der Waals surface area contributed by atoms with Crippen LogP contribution in [0.1, 0.15) is 20.8 Å². The highest BCUT2D eigenvalue weighted by molar-refractivity contribution is 5.19. The number of hydrogen-bond donors (Lipinski definition) is 1. The van der Waals surface area contributed by atoms with E-state index in [1.165, 1.54) is 26.8 Å². The number of allylic oxidation sites excluding steroid dienone is 2. The van der Waals surface area contributed by atoms with E-state index in [4.69, 9.17) is 0 Å². The summed E-state index contributed by atoms with van der Waals surface area (Å²) < 4.78 is 72.8. The fraction of sp³-hybridized carbons (Fsp3) is 0.636. The van der Waals surface area contributed by atoms with Gasteiger partial charge in [-0.3, -0.25) is 0 Å². The van der Waals surface area contributed by atoms with Gasteiger partial charge in [0, 0.05) is 6.54 Å². The van der Waals surface area contributed by atoms with Crippen LogP contribution in [0.25, 0.3) is 0 Å². The highest BCUT2D eigenvalue weighted by Crippen LogP contribution is 2.32. The normalized spacial score (nSPS) is 15.6. The van der Waals surface area contributed by atoms with Gasteiger partial charge in [0.15, 0.2) is 0 Å². The van der Waals surface area contributed by atoms with Gasteiger partial charge >= 0.3 is 12.6 Å². The molecule has 2 nitrogen and oxygen atoms in total. The molecule has 0 heterocycles. The third-order valence-corrected chi connectivity index (χ3v) is 1.86. The van der Waals surface area contributed by atoms with Crippen molar-refractivity contribution in [2.75, 3.05) is 6.54 Å². The van der Waals surface area contributed by atoms with Crippen molar-refractivity contribution in [3.8, 4) is 0 Å². The average Bonchev–Trinajstić information content (AvgIpc) is 2.04. The molecule has 0 rings (SSSR count). The molecule has 0 unspecified atom stereocenters. The predicted molar refractivity (Wildman–Crippen MR) is 58.0 cm³/mol. The van der Waals surface area contributed by atoms with Crippen molar-refractivity contribution < 1.29 is 31.4 Å². The van der Waals surface area contributed by atoms with Crippen LogP contribution < -0.4 is 0 Å². The summed E-state index contributed by atoms with van der Waals surface area (Å²) in [5.41, 5.74) is -0.834. The molecule has 0 aromatic carbocycles. The molecule has 0 fully saturated rings. The van der Waals surface area contributed by atoms with Gasteiger partial charge in [-0.25, -0.2) is 0 Å². The number of rotatable bonds is 4. The van der Waals surface area contributed by atoms with Gasteiger partial charge < -0.3 is 5.11 Å². The van der Waals surface area contributed by atoms with E-state index in [-0.39, 0.29) is 0 Å². The van der Waals surface area contributed by atoms with Gasteiger partial charge in [-0.2, -0.15) is 26.3 Å². The maximum absolute atomic E-state index is 12.1. The first-order valence-electron chi connectivity index (χ1n) is 5.23. The van der Waals surface area contributed by atoms with E-state index in [0.717, 1.165) is 12.2 Å². The second-order valence-corrected chi connectivity index (χ2v) is 4.49. The standard InChI is InChI=1S/C11H15F6NO/c1-8(7-9(2,3)19)5-4-6-18(10(12,13)14)11(15,16)17/h4-5,7,19H,6H2,1-3H3/b5-4+,8-7+. The van der Waals surface area contributed by atoms with E-state index in [9.17, 15) is 31.4 Å². The van der Waals surface area contributed by atoms with E-state index >= 15 is 0 Å². The molecule has 0 aromatic rings. The van der Waals surface area contributed by atoms with Gasteiger partial charge in [0.25, 0.3) is 0 Å². The number of halogens is 6. The second kappa shape index (κ2) is 5.96. The lowest BCUT2D eigenvalue weighted by atomic mass is 10.1. The van der Waals surface area contributed by atoms with Crippen LogP contribution in [0.2, 0.25) is 0 Å². The zero-order valence-electron chi connectivity index (χ0n) is 10.6. The van der Waals surface area contributed by atoms with Crippen LogP contribution in [0.3, 0.4) is 0 Å². The Labute approximate surface area is 107 Å². The molecule has 0 spiro atoms. The van der Waals surface area contributed by atoms with E-state index in [2.05, 4.69) is 0 Å². The molecule has 0 aliphatic rings. The fourth-order valence-corrected chi connectivity index (χ4v) is 1.30. The maximum Gasteiger partial charge on any atom is 0.467 e. The van der Waals surface area contributed by atoms with Crippen LogP contribution in [0.5, 0.6) is 0 Å². The number of aliphatic hydroxyl groups is 1. The summed E-state index contributed by atoms with van der Waals surface area (Å²) in [4.78, 5) is -1.53. The van der Waals surface area contributed by atoms with E-state index in [0.29, 0.717) is 5.57 Å². The van der Waals surface area contributed by atoms with E-state index < -0.39 is 29.6 Å². The Morgan fingerprint density at radius 1 is 1.05 bits per heavy atom. The minimum atomic E-state index is -5.49. The molecule has 0 aliphatic heterocycles. The third-order valence-electron chi connectivity index (χ3n) is 1.86. The Hall–Kier alpha value is -1.02. The Morgan fingerprint density at radius 2 is 1.47 bits per heavy atom. The van der Waals surface area contributed by atoms with Crippen LogP contribution >= 0.6 is 0 Å². The Morgan fingerprint density at radius 3 is 1.79 bits per heavy atom. The molecule has 0 radical (unpaired) electrons. The SMILES string of the molecule is CC(/C=C/CN(C(F)(F)F)C(F)(F)F)=C\C(C)(C)O. The molecule has 0 aliphatic carbocycles. The van der Waals surface area contributed by atoms with Crippen molar-refractivity contribution in [2.24, 2.45) is 0 Å². The summed E-state index contributed by atoms with van der Waals surface area (Å²) in [5.74, 6) is 0. The van der Waals surface area contributed by atoms with Crippen LogP contribution in [0, 0.1) is 0 Å². The topological polar surface area (TPSA) is 23.5 Å². The summed E-state index contributed by atoms with van der Waals surface area (Å²) >= 11 is 0. The Bertz CT molecular complexity index is 334. The molecule has 8 heteroatoms. The van der Waals surface area contributed by atoms with Crippen LogP contribution in [-0.2, 0) is 0 Å². The van der Waals surface area contributed by atoms with Crippen molar-refractivity contribution in [2.45, 2.75) is 39.0 Å². The Kier molecular flexibility index (Phi) is 5.64. The van der Waals surface area contributed by atoms with Crippen LogP contribution in [0.15, 0.2) is 23.8 Å². The minimum absolute atomic E-state index is 0.358.